The van der Waals surface area contributed by atoms with E-state index in [0.717, 1.165) is 16.5 Å². The molecule has 0 atom stereocenters. The lowest BCUT2D eigenvalue weighted by atomic mass is 10.1. The second kappa shape index (κ2) is 8.45. The van der Waals surface area contributed by atoms with Crippen LogP contribution in [0.2, 0.25) is 0 Å². The van der Waals surface area contributed by atoms with Crippen LogP contribution in [-0.2, 0) is 6.54 Å². The van der Waals surface area contributed by atoms with Gasteiger partial charge < -0.3 is 20.2 Å². The van der Waals surface area contributed by atoms with E-state index in [1.807, 2.05) is 36.2 Å². The third-order valence-corrected chi connectivity index (χ3v) is 3.67. The Morgan fingerprint density at radius 3 is 2.83 bits per heavy atom. The van der Waals surface area contributed by atoms with Crippen molar-refractivity contribution >= 4 is 16.9 Å². The average molecular weight is 316 g/mol. The molecule has 2 N–H and O–H groups in total. The van der Waals surface area contributed by atoms with Crippen LogP contribution in [0.3, 0.4) is 0 Å². The summed E-state index contributed by atoms with van der Waals surface area (Å²) in [6, 6.07) is 9.87. The van der Waals surface area contributed by atoms with Gasteiger partial charge >= 0.3 is 6.03 Å². The van der Waals surface area contributed by atoms with Gasteiger partial charge in [0.1, 0.15) is 0 Å². The first kappa shape index (κ1) is 17.2. The van der Waals surface area contributed by atoms with E-state index in [-0.39, 0.29) is 12.6 Å². The van der Waals surface area contributed by atoms with Crippen LogP contribution in [0.4, 0.5) is 4.79 Å². The molecule has 2 aromatic rings. The molecule has 0 saturated carbocycles. The zero-order valence-corrected chi connectivity index (χ0v) is 13.7. The lowest BCUT2D eigenvalue weighted by molar-refractivity contribution is 0.200. The Labute approximate surface area is 136 Å². The van der Waals surface area contributed by atoms with Crippen molar-refractivity contribution in [2.75, 3.05) is 40.3 Å². The molecular weight excluding hydrogens is 292 g/mol. The smallest absolute Gasteiger partial charge is 0.317 e. The predicted octanol–water partition coefficient (Wildman–Crippen LogP) is 1.30. The summed E-state index contributed by atoms with van der Waals surface area (Å²) in [5.41, 5.74) is 1.95. The zero-order chi connectivity index (χ0) is 16.7. The van der Waals surface area contributed by atoms with Crippen molar-refractivity contribution in [3.63, 3.8) is 0 Å². The fourth-order valence-electron chi connectivity index (χ4n) is 2.32. The highest BCUT2D eigenvalue weighted by Crippen LogP contribution is 2.13. The van der Waals surface area contributed by atoms with Crippen molar-refractivity contribution in [1.29, 1.82) is 0 Å². The van der Waals surface area contributed by atoms with E-state index in [9.17, 15) is 4.79 Å². The van der Waals surface area contributed by atoms with Crippen molar-refractivity contribution in [1.82, 2.24) is 20.1 Å². The molecule has 6 heteroatoms. The third-order valence-electron chi connectivity index (χ3n) is 3.67. The summed E-state index contributed by atoms with van der Waals surface area (Å²) in [4.78, 5) is 20.1. The van der Waals surface area contributed by atoms with Crippen LogP contribution in [0, 0.1) is 0 Å². The number of amides is 2. The standard InChI is InChI=1S/C17H24N4O2/c1-20(9-10-22)8-7-18-17(23)21(2)13-14-11-15-5-3-4-6-16(15)19-12-14/h3-6,11-12,22H,7-10,13H2,1-2H3,(H,18,23). The van der Waals surface area contributed by atoms with E-state index >= 15 is 0 Å². The molecular formula is C17H24N4O2. The monoisotopic (exact) mass is 316 g/mol. The molecule has 1 aromatic heterocycles. The third kappa shape index (κ3) is 5.19. The van der Waals surface area contributed by atoms with Gasteiger partial charge in [-0.1, -0.05) is 18.2 Å². The zero-order valence-electron chi connectivity index (χ0n) is 13.7. The Balaban J connectivity index is 1.84. The van der Waals surface area contributed by atoms with Crippen LogP contribution in [0.1, 0.15) is 5.56 Å². The number of nitrogens with zero attached hydrogens (tertiary/aromatic N) is 3. The summed E-state index contributed by atoms with van der Waals surface area (Å²) >= 11 is 0. The number of aliphatic hydroxyl groups excluding tert-OH is 1. The number of hydrogen-bond donors (Lipinski definition) is 2. The van der Waals surface area contributed by atoms with Crippen molar-refractivity contribution in [2.45, 2.75) is 6.54 Å². The summed E-state index contributed by atoms with van der Waals surface area (Å²) in [5, 5.41) is 12.8. The maximum absolute atomic E-state index is 12.1. The largest absolute Gasteiger partial charge is 0.395 e. The van der Waals surface area contributed by atoms with E-state index in [2.05, 4.69) is 16.4 Å². The fourth-order valence-corrected chi connectivity index (χ4v) is 2.32. The van der Waals surface area contributed by atoms with E-state index in [1.54, 1.807) is 18.1 Å². The number of nitrogens with one attached hydrogen (secondary N) is 1. The average Bonchev–Trinajstić information content (AvgIpc) is 2.54. The van der Waals surface area contributed by atoms with Gasteiger partial charge in [-0.15, -0.1) is 0 Å². The number of rotatable bonds is 7. The Hall–Kier alpha value is -2.18. The van der Waals surface area contributed by atoms with Crippen LogP contribution < -0.4 is 5.32 Å². The number of carbonyl (C=O) groups is 1. The number of carbonyl (C=O) groups excluding carboxylic acids is 1. The van der Waals surface area contributed by atoms with Gasteiger partial charge in [-0.3, -0.25) is 4.98 Å². The number of hydrogen-bond acceptors (Lipinski definition) is 4. The van der Waals surface area contributed by atoms with Crippen LogP contribution in [0.5, 0.6) is 0 Å². The first-order valence-electron chi connectivity index (χ1n) is 7.72. The van der Waals surface area contributed by atoms with Gasteiger partial charge in [-0.2, -0.15) is 0 Å². The summed E-state index contributed by atoms with van der Waals surface area (Å²) < 4.78 is 0. The Morgan fingerprint density at radius 1 is 1.26 bits per heavy atom. The van der Waals surface area contributed by atoms with Crippen molar-refractivity contribution in [3.8, 4) is 0 Å². The van der Waals surface area contributed by atoms with Gasteiger partial charge in [0.15, 0.2) is 0 Å². The van der Waals surface area contributed by atoms with Crippen molar-refractivity contribution < 1.29 is 9.90 Å². The molecule has 0 bridgehead atoms. The maximum atomic E-state index is 12.1. The highest BCUT2D eigenvalue weighted by atomic mass is 16.3. The molecule has 1 heterocycles. The topological polar surface area (TPSA) is 68.7 Å². The Kier molecular flexibility index (Phi) is 6.31. The van der Waals surface area contributed by atoms with E-state index in [0.29, 0.717) is 26.2 Å². The highest BCUT2D eigenvalue weighted by molar-refractivity contribution is 5.79. The van der Waals surface area contributed by atoms with Gasteiger partial charge in [0.2, 0.25) is 0 Å². The number of urea groups is 1. The second-order valence-corrected chi connectivity index (χ2v) is 5.65. The quantitative estimate of drug-likeness (QED) is 0.808. The van der Waals surface area contributed by atoms with E-state index in [4.69, 9.17) is 5.11 Å². The van der Waals surface area contributed by atoms with E-state index < -0.39 is 0 Å². The van der Waals surface area contributed by atoms with E-state index in [1.165, 1.54) is 0 Å². The number of likely N-dealkylation sites (N-methyl/N-ethyl adjacent to an activating group) is 1. The van der Waals surface area contributed by atoms with Crippen LogP contribution in [0.15, 0.2) is 36.5 Å². The molecule has 6 nitrogen and oxygen atoms in total. The van der Waals surface area contributed by atoms with Gasteiger partial charge in [0, 0.05) is 44.8 Å². The molecule has 0 radical (unpaired) electrons. The Morgan fingerprint density at radius 2 is 2.04 bits per heavy atom. The minimum atomic E-state index is -0.115. The SMILES string of the molecule is CN(CCO)CCNC(=O)N(C)Cc1cnc2ccccc2c1. The van der Waals surface area contributed by atoms with Gasteiger partial charge in [-0.25, -0.2) is 4.79 Å². The molecule has 124 valence electrons. The van der Waals surface area contributed by atoms with Crippen LogP contribution >= 0.6 is 0 Å². The lowest BCUT2D eigenvalue weighted by Crippen LogP contribution is -2.40. The number of aliphatic hydroxyl groups is 1. The van der Waals surface area contributed by atoms with Gasteiger partial charge in [-0.05, 0) is 24.7 Å². The Bertz CT molecular complexity index is 647. The summed E-state index contributed by atoms with van der Waals surface area (Å²) in [5.74, 6) is 0. The normalized spacial score (nSPS) is 11.0. The number of aromatic nitrogens is 1. The summed E-state index contributed by atoms with van der Waals surface area (Å²) in [7, 11) is 3.68. The number of fused-ring (bicyclic) bond motifs is 1. The first-order valence-corrected chi connectivity index (χ1v) is 7.72. The molecule has 0 aliphatic rings. The molecule has 0 unspecified atom stereocenters. The molecule has 0 aliphatic heterocycles. The van der Waals surface area contributed by atoms with Crippen molar-refractivity contribution in [2.24, 2.45) is 0 Å². The molecule has 0 aliphatic carbocycles. The van der Waals surface area contributed by atoms with Crippen molar-refractivity contribution in [3.05, 3.63) is 42.1 Å². The minimum Gasteiger partial charge on any atom is -0.395 e. The minimum absolute atomic E-state index is 0.115. The summed E-state index contributed by atoms with van der Waals surface area (Å²) in [6.45, 7) is 2.50. The molecule has 2 rings (SSSR count). The van der Waals surface area contributed by atoms with Crippen LogP contribution in [0.25, 0.3) is 10.9 Å². The molecule has 2 amide bonds. The molecule has 0 saturated heterocycles. The predicted molar refractivity (Wildman–Crippen MR) is 91.2 cm³/mol. The summed E-state index contributed by atoms with van der Waals surface area (Å²) in [6.07, 6.45) is 1.81. The number of para-hydroxylation sites is 1. The second-order valence-electron chi connectivity index (χ2n) is 5.65. The van der Waals surface area contributed by atoms with Gasteiger partial charge in [0.25, 0.3) is 0 Å². The van der Waals surface area contributed by atoms with Crippen LogP contribution in [-0.4, -0.2) is 66.3 Å². The molecule has 0 fully saturated rings. The number of benzene rings is 1. The molecule has 1 aromatic carbocycles. The van der Waals surface area contributed by atoms with Gasteiger partial charge in [0.05, 0.1) is 12.1 Å². The first-order chi connectivity index (χ1) is 11.1. The molecule has 0 spiro atoms. The fraction of sp³-hybridized carbons (Fsp3) is 0.412. The number of pyridine rings is 1. The highest BCUT2D eigenvalue weighted by Gasteiger charge is 2.09. The lowest BCUT2D eigenvalue weighted by Gasteiger charge is -2.20. The maximum Gasteiger partial charge on any atom is 0.317 e. The molecule has 23 heavy (non-hydrogen) atoms.